The standard InChI is InChI=1S/C17H13N3O3S/c1-10(23-17(22)11-6-7-24-9-11)15(21)12(8-18)16-19-13-4-2-3-5-14(13)20-16/h2-7,9-10,21H,1H3,(H,19,20)/b15-12-/t10-/m0/s1. The highest BCUT2D eigenvalue weighted by Crippen LogP contribution is 2.21. The van der Waals surface area contributed by atoms with E-state index in [0.717, 1.165) is 5.52 Å². The van der Waals surface area contributed by atoms with Gasteiger partial charge in [-0.1, -0.05) is 12.1 Å². The summed E-state index contributed by atoms with van der Waals surface area (Å²) in [4.78, 5) is 19.2. The fourth-order valence-electron chi connectivity index (χ4n) is 2.17. The summed E-state index contributed by atoms with van der Waals surface area (Å²) < 4.78 is 5.20. The highest BCUT2D eigenvalue weighted by atomic mass is 32.1. The average molecular weight is 339 g/mol. The van der Waals surface area contributed by atoms with Crippen molar-refractivity contribution >= 4 is 33.9 Å². The second-order valence-corrected chi connectivity index (χ2v) is 5.81. The van der Waals surface area contributed by atoms with E-state index in [2.05, 4.69) is 9.97 Å². The van der Waals surface area contributed by atoms with Gasteiger partial charge in [0.25, 0.3) is 0 Å². The van der Waals surface area contributed by atoms with Crippen LogP contribution in [0.5, 0.6) is 0 Å². The highest BCUT2D eigenvalue weighted by molar-refractivity contribution is 7.08. The number of rotatable bonds is 4. The summed E-state index contributed by atoms with van der Waals surface area (Å²) >= 11 is 1.37. The molecule has 3 rings (SSSR count). The van der Waals surface area contributed by atoms with E-state index >= 15 is 0 Å². The van der Waals surface area contributed by atoms with Gasteiger partial charge in [0.2, 0.25) is 0 Å². The number of nitriles is 1. The van der Waals surface area contributed by atoms with Crippen LogP contribution in [0.4, 0.5) is 0 Å². The summed E-state index contributed by atoms with van der Waals surface area (Å²) in [5.41, 5.74) is 1.77. The van der Waals surface area contributed by atoms with Crippen LogP contribution in [-0.2, 0) is 4.74 Å². The number of hydrogen-bond acceptors (Lipinski definition) is 6. The molecule has 0 saturated heterocycles. The lowest BCUT2D eigenvalue weighted by molar-refractivity contribution is 0.0335. The van der Waals surface area contributed by atoms with Crippen molar-refractivity contribution in [1.29, 1.82) is 5.26 Å². The number of nitrogens with zero attached hydrogens (tertiary/aromatic N) is 2. The van der Waals surface area contributed by atoms with Crippen molar-refractivity contribution in [1.82, 2.24) is 9.97 Å². The quantitative estimate of drug-likeness (QED) is 0.429. The lowest BCUT2D eigenvalue weighted by Gasteiger charge is -2.13. The second-order valence-electron chi connectivity index (χ2n) is 5.03. The minimum Gasteiger partial charge on any atom is -0.507 e. The number of allylic oxidation sites excluding steroid dienone is 1. The molecule has 7 heteroatoms. The summed E-state index contributed by atoms with van der Waals surface area (Å²) in [6.07, 6.45) is -0.972. The van der Waals surface area contributed by atoms with Crippen LogP contribution in [0.15, 0.2) is 46.9 Å². The van der Waals surface area contributed by atoms with Gasteiger partial charge >= 0.3 is 5.97 Å². The van der Waals surface area contributed by atoms with Crippen LogP contribution in [0.1, 0.15) is 23.1 Å². The molecule has 2 heterocycles. The molecule has 6 nitrogen and oxygen atoms in total. The van der Waals surface area contributed by atoms with E-state index in [1.807, 2.05) is 24.3 Å². The van der Waals surface area contributed by atoms with Crippen LogP contribution in [0.25, 0.3) is 16.6 Å². The molecular weight excluding hydrogens is 326 g/mol. The number of carbonyl (C=O) groups excluding carboxylic acids is 1. The molecule has 0 bridgehead atoms. The SMILES string of the molecule is C[C@H](OC(=O)c1ccsc1)/C(O)=C(\C#N)c1nc2ccccc2[nH]1. The molecule has 2 aromatic heterocycles. The van der Waals surface area contributed by atoms with Crippen molar-refractivity contribution in [3.63, 3.8) is 0 Å². The number of hydrogen-bond donors (Lipinski definition) is 2. The van der Waals surface area contributed by atoms with Crippen molar-refractivity contribution in [3.05, 3.63) is 58.2 Å². The number of esters is 1. The number of imidazole rings is 1. The lowest BCUT2D eigenvalue weighted by atomic mass is 10.1. The van der Waals surface area contributed by atoms with E-state index < -0.39 is 12.1 Å². The Bertz CT molecular complexity index is 918. The molecule has 1 aromatic carbocycles. The van der Waals surface area contributed by atoms with E-state index in [1.54, 1.807) is 22.9 Å². The van der Waals surface area contributed by atoms with Crippen LogP contribution >= 0.6 is 11.3 Å². The van der Waals surface area contributed by atoms with Gasteiger partial charge in [0.15, 0.2) is 17.7 Å². The largest absolute Gasteiger partial charge is 0.507 e. The van der Waals surface area contributed by atoms with Gasteiger partial charge < -0.3 is 14.8 Å². The molecule has 24 heavy (non-hydrogen) atoms. The minimum absolute atomic E-state index is 0.0585. The first kappa shape index (κ1) is 15.8. The van der Waals surface area contributed by atoms with E-state index in [0.29, 0.717) is 11.1 Å². The highest BCUT2D eigenvalue weighted by Gasteiger charge is 2.21. The molecular formula is C17H13N3O3S. The van der Waals surface area contributed by atoms with Crippen LogP contribution in [0.2, 0.25) is 0 Å². The number of aromatic nitrogens is 2. The molecule has 0 fully saturated rings. The Morgan fingerprint density at radius 1 is 1.42 bits per heavy atom. The lowest BCUT2D eigenvalue weighted by Crippen LogP contribution is -2.18. The summed E-state index contributed by atoms with van der Waals surface area (Å²) in [7, 11) is 0. The Kier molecular flexibility index (Phi) is 4.31. The van der Waals surface area contributed by atoms with Crippen molar-refractivity contribution in [2.24, 2.45) is 0 Å². The molecule has 120 valence electrons. The van der Waals surface area contributed by atoms with E-state index in [9.17, 15) is 15.2 Å². The number of nitrogens with one attached hydrogen (secondary N) is 1. The molecule has 0 amide bonds. The van der Waals surface area contributed by atoms with Gasteiger partial charge in [-0.15, -0.1) is 0 Å². The molecule has 1 atom stereocenters. The summed E-state index contributed by atoms with van der Waals surface area (Å²) in [5, 5.41) is 23.1. The predicted octanol–water partition coefficient (Wildman–Crippen LogP) is 3.66. The molecule has 2 N–H and O–H groups in total. The maximum absolute atomic E-state index is 12.0. The number of H-pyrrole nitrogens is 1. The van der Waals surface area contributed by atoms with Crippen molar-refractivity contribution in [2.75, 3.05) is 0 Å². The van der Waals surface area contributed by atoms with Crippen molar-refractivity contribution in [2.45, 2.75) is 13.0 Å². The summed E-state index contributed by atoms with van der Waals surface area (Å²) in [6.45, 7) is 1.50. The number of para-hydroxylation sites is 2. The normalized spacial score (nSPS) is 13.2. The van der Waals surface area contributed by atoms with Crippen molar-refractivity contribution in [3.8, 4) is 6.07 Å². The zero-order valence-electron chi connectivity index (χ0n) is 12.7. The third-order valence-electron chi connectivity index (χ3n) is 3.42. The molecule has 0 saturated carbocycles. The smallest absolute Gasteiger partial charge is 0.339 e. The van der Waals surface area contributed by atoms with Crippen LogP contribution in [0, 0.1) is 11.3 Å². The topological polar surface area (TPSA) is 99.0 Å². The number of carbonyl (C=O) groups is 1. The van der Waals surface area contributed by atoms with Gasteiger partial charge in [0, 0.05) is 5.38 Å². The molecule has 0 aliphatic carbocycles. The zero-order chi connectivity index (χ0) is 17.1. The van der Waals surface area contributed by atoms with E-state index in [4.69, 9.17) is 4.74 Å². The first-order chi connectivity index (χ1) is 11.6. The second kappa shape index (κ2) is 6.56. The van der Waals surface area contributed by atoms with Gasteiger partial charge in [-0.05, 0) is 30.5 Å². The Labute approximate surface area is 141 Å². The van der Waals surface area contributed by atoms with E-state index in [1.165, 1.54) is 18.3 Å². The number of ether oxygens (including phenoxy) is 1. The average Bonchev–Trinajstić information content (AvgIpc) is 3.24. The summed E-state index contributed by atoms with van der Waals surface area (Å²) in [6, 6.07) is 10.8. The fraction of sp³-hybridized carbons (Fsp3) is 0.118. The number of thiophene rings is 1. The number of aromatic amines is 1. The predicted molar refractivity (Wildman–Crippen MR) is 90.5 cm³/mol. The monoisotopic (exact) mass is 339 g/mol. The van der Waals surface area contributed by atoms with Crippen LogP contribution < -0.4 is 0 Å². The van der Waals surface area contributed by atoms with Crippen LogP contribution in [0.3, 0.4) is 0 Å². The molecule has 0 aliphatic rings. The number of benzene rings is 1. The Balaban J connectivity index is 1.89. The molecule has 0 spiro atoms. The van der Waals surface area contributed by atoms with E-state index in [-0.39, 0.29) is 17.2 Å². The van der Waals surface area contributed by atoms with Gasteiger partial charge in [-0.25, -0.2) is 9.78 Å². The zero-order valence-corrected chi connectivity index (χ0v) is 13.5. The third kappa shape index (κ3) is 3.00. The maximum Gasteiger partial charge on any atom is 0.339 e. The molecule has 0 unspecified atom stereocenters. The number of aliphatic hydroxyl groups is 1. The Morgan fingerprint density at radius 3 is 2.88 bits per heavy atom. The first-order valence-corrected chi connectivity index (χ1v) is 8.06. The minimum atomic E-state index is -0.972. The molecule has 3 aromatic rings. The van der Waals surface area contributed by atoms with Crippen molar-refractivity contribution < 1.29 is 14.6 Å². The molecule has 0 aliphatic heterocycles. The Morgan fingerprint density at radius 2 is 2.21 bits per heavy atom. The van der Waals surface area contributed by atoms with Gasteiger partial charge in [0.1, 0.15) is 11.6 Å². The fourth-order valence-corrected chi connectivity index (χ4v) is 2.80. The summed E-state index contributed by atoms with van der Waals surface area (Å²) in [5.74, 6) is -0.674. The van der Waals surface area contributed by atoms with Gasteiger partial charge in [0.05, 0.1) is 16.6 Å². The van der Waals surface area contributed by atoms with Gasteiger partial charge in [-0.3, -0.25) is 0 Å². The third-order valence-corrected chi connectivity index (χ3v) is 4.10. The Hall–Kier alpha value is -3.11. The van der Waals surface area contributed by atoms with Crippen LogP contribution in [-0.4, -0.2) is 27.1 Å². The maximum atomic E-state index is 12.0. The number of aliphatic hydroxyl groups excluding tert-OH is 1. The van der Waals surface area contributed by atoms with Gasteiger partial charge in [-0.2, -0.15) is 16.6 Å². The molecule has 0 radical (unpaired) electrons. The number of fused-ring (bicyclic) bond motifs is 1. The first-order valence-electron chi connectivity index (χ1n) is 7.11.